The van der Waals surface area contributed by atoms with Gasteiger partial charge in [0.1, 0.15) is 18.2 Å². The number of rotatable bonds is 9. The molecular formula is C35H26FN3O6S. The van der Waals surface area contributed by atoms with Crippen molar-refractivity contribution in [3.05, 3.63) is 167 Å². The predicted molar refractivity (Wildman–Crippen MR) is 171 cm³/mol. The largest absolute Gasteiger partial charge is 0.489 e. The molecule has 1 aliphatic heterocycles. The van der Waals surface area contributed by atoms with Crippen LogP contribution in [-0.4, -0.2) is 22.1 Å². The van der Waals surface area contributed by atoms with Gasteiger partial charge in [0.05, 0.1) is 33.4 Å². The first-order valence-electron chi connectivity index (χ1n) is 14.3. The summed E-state index contributed by atoms with van der Waals surface area (Å²) >= 11 is 1.19. The van der Waals surface area contributed by atoms with E-state index < -0.39 is 22.8 Å². The number of benzene rings is 4. The zero-order chi connectivity index (χ0) is 32.2. The van der Waals surface area contributed by atoms with Crippen LogP contribution >= 0.6 is 11.3 Å². The number of hydrogen-bond acceptors (Lipinski definition) is 8. The fraction of sp³-hybridized carbons (Fsp3) is 0.114. The van der Waals surface area contributed by atoms with Crippen molar-refractivity contribution >= 4 is 34.8 Å². The average Bonchev–Trinajstić information content (AvgIpc) is 3.38. The lowest BCUT2D eigenvalue weighted by atomic mass is 9.93. The van der Waals surface area contributed by atoms with Crippen LogP contribution in [0.2, 0.25) is 0 Å². The Bertz CT molecular complexity index is 2120. The van der Waals surface area contributed by atoms with E-state index in [-0.39, 0.29) is 30.0 Å². The third kappa shape index (κ3) is 6.26. The van der Waals surface area contributed by atoms with Crippen LogP contribution in [0.15, 0.2) is 118 Å². The van der Waals surface area contributed by atoms with Gasteiger partial charge >= 0.3 is 5.97 Å². The smallest absolute Gasteiger partial charge is 0.338 e. The number of nitrogens with zero attached hydrogens (tertiary/aromatic N) is 3. The van der Waals surface area contributed by atoms with Crippen LogP contribution in [0.3, 0.4) is 0 Å². The molecule has 0 fully saturated rings. The fourth-order valence-electron chi connectivity index (χ4n) is 5.09. The highest BCUT2D eigenvalue weighted by molar-refractivity contribution is 7.07. The second-order valence-corrected chi connectivity index (χ2v) is 11.3. The van der Waals surface area contributed by atoms with E-state index in [1.807, 2.05) is 30.3 Å². The highest BCUT2D eigenvalue weighted by Crippen LogP contribution is 2.35. The summed E-state index contributed by atoms with van der Waals surface area (Å²) in [5.74, 6) is -0.473. The van der Waals surface area contributed by atoms with Crippen molar-refractivity contribution in [3.63, 3.8) is 0 Å². The Balaban J connectivity index is 1.38. The van der Waals surface area contributed by atoms with Crippen molar-refractivity contribution in [2.24, 2.45) is 4.99 Å². The van der Waals surface area contributed by atoms with Gasteiger partial charge in [-0.15, -0.1) is 0 Å². The Morgan fingerprint density at radius 1 is 1.00 bits per heavy atom. The molecular weight excluding hydrogens is 609 g/mol. The Morgan fingerprint density at radius 3 is 2.35 bits per heavy atom. The summed E-state index contributed by atoms with van der Waals surface area (Å²) in [6.07, 6.45) is 1.74. The number of ether oxygens (including phenoxy) is 2. The number of non-ortho nitro benzene ring substituents is 1. The van der Waals surface area contributed by atoms with Gasteiger partial charge in [-0.3, -0.25) is 19.5 Å². The lowest BCUT2D eigenvalue weighted by Gasteiger charge is -2.25. The number of nitro benzene ring substituents is 1. The van der Waals surface area contributed by atoms with E-state index in [0.717, 1.165) is 11.1 Å². The molecule has 0 spiro atoms. The first-order chi connectivity index (χ1) is 22.3. The molecule has 230 valence electrons. The molecule has 0 saturated heterocycles. The van der Waals surface area contributed by atoms with Crippen LogP contribution in [0.25, 0.3) is 11.8 Å². The van der Waals surface area contributed by atoms with Gasteiger partial charge in [-0.1, -0.05) is 65.9 Å². The second-order valence-electron chi connectivity index (χ2n) is 10.3. The van der Waals surface area contributed by atoms with Gasteiger partial charge in [-0.25, -0.2) is 14.2 Å². The lowest BCUT2D eigenvalue weighted by Crippen LogP contribution is -2.40. The van der Waals surface area contributed by atoms with E-state index in [1.54, 1.807) is 61.5 Å². The van der Waals surface area contributed by atoms with Gasteiger partial charge < -0.3 is 9.47 Å². The van der Waals surface area contributed by atoms with Crippen LogP contribution in [0.4, 0.5) is 10.1 Å². The van der Waals surface area contributed by atoms with Crippen molar-refractivity contribution in [1.29, 1.82) is 0 Å². The molecule has 6 rings (SSSR count). The van der Waals surface area contributed by atoms with Crippen molar-refractivity contribution in [3.8, 4) is 5.75 Å². The number of halogens is 1. The summed E-state index contributed by atoms with van der Waals surface area (Å²) in [6, 6.07) is 27.3. The molecule has 4 aromatic carbocycles. The van der Waals surface area contributed by atoms with Crippen molar-refractivity contribution < 1.29 is 23.6 Å². The molecule has 0 N–H and O–H groups in total. The summed E-state index contributed by atoms with van der Waals surface area (Å²) in [4.78, 5) is 43.1. The van der Waals surface area contributed by atoms with E-state index in [9.17, 15) is 24.1 Å². The Hall–Kier alpha value is -5.68. The topological polar surface area (TPSA) is 113 Å². The lowest BCUT2D eigenvalue weighted by molar-refractivity contribution is -0.384. The summed E-state index contributed by atoms with van der Waals surface area (Å²) in [6.45, 7) is 2.05. The highest BCUT2D eigenvalue weighted by atomic mass is 32.1. The van der Waals surface area contributed by atoms with Gasteiger partial charge in [0.25, 0.3) is 11.2 Å². The zero-order valence-corrected chi connectivity index (χ0v) is 25.3. The van der Waals surface area contributed by atoms with Crippen LogP contribution in [0.1, 0.15) is 35.2 Å². The minimum absolute atomic E-state index is 0.00998. The molecule has 11 heteroatoms. The molecule has 46 heavy (non-hydrogen) atoms. The number of carbonyl (C=O) groups is 1. The van der Waals surface area contributed by atoms with E-state index in [2.05, 4.69) is 0 Å². The summed E-state index contributed by atoms with van der Waals surface area (Å²) in [5, 5.41) is 10.9. The number of esters is 1. The molecule has 1 atom stereocenters. The average molecular weight is 636 g/mol. The highest BCUT2D eigenvalue weighted by Gasteiger charge is 2.35. The summed E-state index contributed by atoms with van der Waals surface area (Å²) in [5.41, 5.74) is 2.96. The first-order valence-corrected chi connectivity index (χ1v) is 15.1. The SMILES string of the molecule is CCOC(=O)C1=C(c2ccccc2)N=c2s/c(=C\c3ccc(OCc4ccc([N+](=O)[O-])cc4)cc3)c(=O)n2[C@@H]1c1ccc(F)cc1. The molecule has 0 amide bonds. The third-order valence-corrected chi connectivity index (χ3v) is 8.27. The number of thiazole rings is 1. The standard InChI is InChI=1S/C35H26FN3O6S/c1-2-44-34(41)30-31(24-6-4-3-5-7-24)37-35-38(32(30)25-12-14-26(36)15-13-25)33(40)29(46-35)20-22-10-18-28(19-11-22)45-21-23-8-16-27(17-9-23)39(42)43/h3-20,32H,2,21H2,1H3/b29-20-/t32-/m1/s1. The van der Waals surface area contributed by atoms with Crippen LogP contribution < -0.4 is 19.6 Å². The van der Waals surface area contributed by atoms with E-state index in [4.69, 9.17) is 14.5 Å². The minimum Gasteiger partial charge on any atom is -0.489 e. The first kappa shape index (κ1) is 30.4. The number of hydrogen-bond donors (Lipinski definition) is 0. The van der Waals surface area contributed by atoms with E-state index in [1.165, 1.54) is 40.2 Å². The molecule has 2 heterocycles. The quantitative estimate of drug-likeness (QED) is 0.119. The second kappa shape index (κ2) is 13.1. The molecule has 5 aromatic rings. The predicted octanol–water partition coefficient (Wildman–Crippen LogP) is 5.56. The molecule has 0 unspecified atom stereocenters. The molecule has 0 saturated carbocycles. The minimum atomic E-state index is -0.900. The molecule has 0 radical (unpaired) electrons. The summed E-state index contributed by atoms with van der Waals surface area (Å²) < 4.78 is 27.1. The normalized spacial score (nSPS) is 14.4. The van der Waals surface area contributed by atoms with Crippen molar-refractivity contribution in [1.82, 2.24) is 4.57 Å². The van der Waals surface area contributed by atoms with Crippen molar-refractivity contribution in [2.75, 3.05) is 6.61 Å². The number of carbonyl (C=O) groups excluding carboxylic acids is 1. The van der Waals surface area contributed by atoms with Crippen LogP contribution in [0.5, 0.6) is 5.75 Å². The fourth-order valence-corrected chi connectivity index (χ4v) is 6.09. The maximum Gasteiger partial charge on any atom is 0.338 e. The van der Waals surface area contributed by atoms with Crippen molar-refractivity contribution in [2.45, 2.75) is 19.6 Å². The Labute approximate surface area is 266 Å². The molecule has 9 nitrogen and oxygen atoms in total. The molecule has 0 bridgehead atoms. The third-order valence-electron chi connectivity index (χ3n) is 7.29. The maximum absolute atomic E-state index is 14.0. The van der Waals surface area contributed by atoms with E-state index >= 15 is 0 Å². The van der Waals surface area contributed by atoms with Gasteiger partial charge in [0, 0.05) is 17.7 Å². The van der Waals surface area contributed by atoms with Gasteiger partial charge in [0.2, 0.25) is 0 Å². The zero-order valence-electron chi connectivity index (χ0n) is 24.5. The van der Waals surface area contributed by atoms with Crippen LogP contribution in [-0.2, 0) is 16.1 Å². The molecule has 1 aromatic heterocycles. The van der Waals surface area contributed by atoms with Gasteiger partial charge in [0.15, 0.2) is 4.80 Å². The maximum atomic E-state index is 14.0. The molecule has 0 aliphatic carbocycles. The van der Waals surface area contributed by atoms with E-state index in [0.29, 0.717) is 31.9 Å². The number of fused-ring (bicyclic) bond motifs is 1. The molecule has 1 aliphatic rings. The monoisotopic (exact) mass is 635 g/mol. The van der Waals surface area contributed by atoms with Crippen LogP contribution in [0, 0.1) is 15.9 Å². The Kier molecular flexibility index (Phi) is 8.66. The Morgan fingerprint density at radius 2 is 1.70 bits per heavy atom. The summed E-state index contributed by atoms with van der Waals surface area (Å²) in [7, 11) is 0. The number of nitro groups is 1. The van der Waals surface area contributed by atoms with Gasteiger partial charge in [-0.2, -0.15) is 0 Å². The number of aromatic nitrogens is 1. The van der Waals surface area contributed by atoms with Gasteiger partial charge in [-0.05, 0) is 66.1 Å².